The summed E-state index contributed by atoms with van der Waals surface area (Å²) in [6, 6.07) is 8.16. The van der Waals surface area contributed by atoms with Gasteiger partial charge < -0.3 is 4.42 Å². The molecule has 1 heterocycles. The highest BCUT2D eigenvalue weighted by atomic mass is 32.1. The number of H-pyrrole nitrogens is 1. The van der Waals surface area contributed by atoms with Gasteiger partial charge in [-0.15, -0.1) is 5.10 Å². The van der Waals surface area contributed by atoms with Crippen LogP contribution in [0.25, 0.3) is 11.5 Å². The predicted molar refractivity (Wildman–Crippen MR) is 65.8 cm³/mol. The van der Waals surface area contributed by atoms with E-state index < -0.39 is 0 Å². The summed E-state index contributed by atoms with van der Waals surface area (Å²) in [4.78, 5) is 0.301. The van der Waals surface area contributed by atoms with Gasteiger partial charge in [-0.2, -0.15) is 0 Å². The second-order valence-corrected chi connectivity index (χ2v) is 5.12. The molecule has 0 amide bonds. The minimum absolute atomic E-state index is 0.157. The zero-order valence-corrected chi connectivity index (χ0v) is 10.4. The molecule has 1 N–H and O–H groups in total. The largest absolute Gasteiger partial charge is 0.409 e. The molecule has 1 aromatic heterocycles. The van der Waals surface area contributed by atoms with Crippen LogP contribution in [-0.2, 0) is 5.41 Å². The predicted octanol–water partition coefficient (Wildman–Crippen LogP) is 3.70. The summed E-state index contributed by atoms with van der Waals surface area (Å²) in [5.41, 5.74) is 2.37. The van der Waals surface area contributed by atoms with Crippen molar-refractivity contribution in [3.63, 3.8) is 0 Å². The third-order valence-corrected chi connectivity index (χ3v) is 2.61. The maximum absolute atomic E-state index is 5.24. The molecule has 1 aromatic carbocycles. The maximum atomic E-state index is 5.24. The molecule has 0 aliphatic rings. The van der Waals surface area contributed by atoms with Crippen LogP contribution in [0, 0.1) is 4.84 Å². The van der Waals surface area contributed by atoms with Crippen LogP contribution in [0.2, 0.25) is 0 Å². The number of aromatic nitrogens is 2. The highest BCUT2D eigenvalue weighted by Gasteiger charge is 2.13. The topological polar surface area (TPSA) is 41.8 Å². The third kappa shape index (κ3) is 2.22. The summed E-state index contributed by atoms with van der Waals surface area (Å²) in [5.74, 6) is 0.533. The molecule has 0 atom stereocenters. The summed E-state index contributed by atoms with van der Waals surface area (Å²) >= 11 is 4.83. The number of hydrogen-bond donors (Lipinski definition) is 1. The number of benzene rings is 1. The van der Waals surface area contributed by atoms with Gasteiger partial charge in [-0.25, -0.2) is 5.10 Å². The van der Waals surface area contributed by atoms with Crippen LogP contribution in [0.15, 0.2) is 28.7 Å². The van der Waals surface area contributed by atoms with E-state index in [2.05, 4.69) is 43.1 Å². The molecule has 3 nitrogen and oxygen atoms in total. The number of nitrogens with one attached hydrogen (secondary N) is 1. The fourth-order valence-corrected chi connectivity index (χ4v) is 1.59. The van der Waals surface area contributed by atoms with E-state index in [1.54, 1.807) is 0 Å². The molecule has 0 aliphatic carbocycles. The van der Waals surface area contributed by atoms with Crippen LogP contribution in [0.1, 0.15) is 26.3 Å². The summed E-state index contributed by atoms with van der Waals surface area (Å²) < 4.78 is 5.24. The van der Waals surface area contributed by atoms with Gasteiger partial charge in [0.15, 0.2) is 0 Å². The average molecular weight is 234 g/mol. The molecule has 0 saturated heterocycles. The van der Waals surface area contributed by atoms with Gasteiger partial charge in [-0.05, 0) is 35.3 Å². The lowest BCUT2D eigenvalue weighted by Gasteiger charge is -2.18. The number of nitrogens with zero attached hydrogens (tertiary/aromatic N) is 1. The Hall–Kier alpha value is -1.42. The van der Waals surface area contributed by atoms with Gasteiger partial charge in [0.05, 0.1) is 0 Å². The minimum Gasteiger partial charge on any atom is -0.409 e. The summed E-state index contributed by atoms with van der Waals surface area (Å²) in [6.45, 7) is 6.55. The average Bonchev–Trinajstić information content (AvgIpc) is 2.64. The SMILES string of the molecule is CC(C)(C)c1ccc(-c2n[nH]c(=S)o2)cc1. The molecule has 0 saturated carbocycles. The summed E-state index contributed by atoms with van der Waals surface area (Å²) in [6.07, 6.45) is 0. The van der Waals surface area contributed by atoms with E-state index in [1.165, 1.54) is 5.56 Å². The molecule has 0 unspecified atom stereocenters. The molecule has 0 bridgehead atoms. The van der Waals surface area contributed by atoms with Crippen molar-refractivity contribution in [2.45, 2.75) is 26.2 Å². The molecule has 0 fully saturated rings. The Labute approximate surface area is 99.5 Å². The Kier molecular flexibility index (Phi) is 2.68. The zero-order valence-electron chi connectivity index (χ0n) is 9.57. The standard InChI is InChI=1S/C12H14N2OS/c1-12(2,3)9-6-4-8(5-7-9)10-13-14-11(16)15-10/h4-7H,1-3H3,(H,14,16). The number of hydrogen-bond acceptors (Lipinski definition) is 3. The first-order valence-corrected chi connectivity index (χ1v) is 5.54. The van der Waals surface area contributed by atoms with E-state index >= 15 is 0 Å². The Morgan fingerprint density at radius 3 is 2.25 bits per heavy atom. The Balaban J connectivity index is 2.36. The second kappa shape index (κ2) is 3.87. The lowest BCUT2D eigenvalue weighted by atomic mass is 9.87. The van der Waals surface area contributed by atoms with Gasteiger partial charge in [-0.3, -0.25) is 0 Å². The van der Waals surface area contributed by atoms with Crippen molar-refractivity contribution in [3.8, 4) is 11.5 Å². The van der Waals surface area contributed by atoms with Crippen LogP contribution in [0.4, 0.5) is 0 Å². The van der Waals surface area contributed by atoms with E-state index in [4.69, 9.17) is 16.6 Å². The molecule has 4 heteroatoms. The molecule has 0 spiro atoms. The highest BCUT2D eigenvalue weighted by Crippen LogP contribution is 2.25. The summed E-state index contributed by atoms with van der Waals surface area (Å²) in [5, 5.41) is 6.59. The number of rotatable bonds is 1. The third-order valence-electron chi connectivity index (χ3n) is 2.44. The normalized spacial score (nSPS) is 11.7. The van der Waals surface area contributed by atoms with Gasteiger partial charge in [0, 0.05) is 5.56 Å². The fraction of sp³-hybridized carbons (Fsp3) is 0.333. The van der Waals surface area contributed by atoms with E-state index in [0.717, 1.165) is 5.56 Å². The van der Waals surface area contributed by atoms with Crippen LogP contribution in [0.5, 0.6) is 0 Å². The van der Waals surface area contributed by atoms with Crippen molar-refractivity contribution < 1.29 is 4.42 Å². The van der Waals surface area contributed by atoms with E-state index in [-0.39, 0.29) is 5.41 Å². The smallest absolute Gasteiger partial charge is 0.284 e. The molecule has 2 aromatic rings. The van der Waals surface area contributed by atoms with Gasteiger partial charge in [0.2, 0.25) is 5.89 Å². The first-order valence-electron chi connectivity index (χ1n) is 5.13. The first kappa shape index (κ1) is 11.1. The molecule has 84 valence electrons. The van der Waals surface area contributed by atoms with Crippen molar-refractivity contribution in [1.29, 1.82) is 0 Å². The van der Waals surface area contributed by atoms with E-state index in [1.807, 2.05) is 12.1 Å². The Morgan fingerprint density at radius 1 is 1.19 bits per heavy atom. The molecular weight excluding hydrogens is 220 g/mol. The zero-order chi connectivity index (χ0) is 11.8. The van der Waals surface area contributed by atoms with Crippen molar-refractivity contribution in [2.24, 2.45) is 0 Å². The minimum atomic E-state index is 0.157. The highest BCUT2D eigenvalue weighted by molar-refractivity contribution is 7.71. The lowest BCUT2D eigenvalue weighted by molar-refractivity contribution is 0.551. The lowest BCUT2D eigenvalue weighted by Crippen LogP contribution is -2.10. The van der Waals surface area contributed by atoms with E-state index in [9.17, 15) is 0 Å². The fourth-order valence-electron chi connectivity index (χ4n) is 1.47. The first-order chi connectivity index (χ1) is 7.47. The summed E-state index contributed by atoms with van der Waals surface area (Å²) in [7, 11) is 0. The van der Waals surface area contributed by atoms with Gasteiger partial charge in [-0.1, -0.05) is 32.9 Å². The van der Waals surface area contributed by atoms with Crippen LogP contribution in [-0.4, -0.2) is 10.2 Å². The second-order valence-electron chi connectivity index (χ2n) is 4.75. The Bertz CT molecular complexity index is 531. The quantitative estimate of drug-likeness (QED) is 0.765. The van der Waals surface area contributed by atoms with Crippen molar-refractivity contribution in [2.75, 3.05) is 0 Å². The van der Waals surface area contributed by atoms with Gasteiger partial charge >= 0.3 is 0 Å². The van der Waals surface area contributed by atoms with Gasteiger partial charge in [0.1, 0.15) is 0 Å². The maximum Gasteiger partial charge on any atom is 0.284 e. The van der Waals surface area contributed by atoms with Crippen molar-refractivity contribution in [1.82, 2.24) is 10.2 Å². The van der Waals surface area contributed by atoms with E-state index in [0.29, 0.717) is 10.7 Å². The van der Waals surface area contributed by atoms with Gasteiger partial charge in [0.25, 0.3) is 4.84 Å². The Morgan fingerprint density at radius 2 is 1.81 bits per heavy atom. The molecule has 0 radical (unpaired) electrons. The van der Waals surface area contributed by atoms with Crippen molar-refractivity contribution >= 4 is 12.2 Å². The monoisotopic (exact) mass is 234 g/mol. The van der Waals surface area contributed by atoms with Crippen LogP contribution in [0.3, 0.4) is 0 Å². The molecule has 0 aliphatic heterocycles. The van der Waals surface area contributed by atoms with Crippen molar-refractivity contribution in [3.05, 3.63) is 34.7 Å². The molecular formula is C12H14N2OS. The molecule has 16 heavy (non-hydrogen) atoms. The molecule has 2 rings (SSSR count). The van der Waals surface area contributed by atoms with Crippen LogP contribution >= 0.6 is 12.2 Å². The number of aromatic amines is 1. The van der Waals surface area contributed by atoms with Crippen LogP contribution < -0.4 is 0 Å².